The van der Waals surface area contributed by atoms with E-state index in [0.29, 0.717) is 0 Å². The van der Waals surface area contributed by atoms with Crippen LogP contribution >= 0.6 is 23.4 Å². The van der Waals surface area contributed by atoms with Crippen molar-refractivity contribution < 1.29 is 0 Å². The van der Waals surface area contributed by atoms with Gasteiger partial charge in [0.2, 0.25) is 0 Å². The van der Waals surface area contributed by atoms with Crippen LogP contribution in [0.5, 0.6) is 0 Å². The standard InChI is InChI=1S/C14H17ClN2S/c1-10-11-5-2-3-6-12(11)17-13(14(10)15)9-18-8-4-7-16/h2-3,5-6H,4,7-9,16H2,1H3. The molecule has 0 fully saturated rings. The van der Waals surface area contributed by atoms with Crippen LogP contribution in [0.1, 0.15) is 17.7 Å². The first-order valence-electron chi connectivity index (χ1n) is 6.05. The highest BCUT2D eigenvalue weighted by Gasteiger charge is 2.09. The maximum absolute atomic E-state index is 6.38. The molecule has 1 aromatic heterocycles. The number of nitrogens with two attached hydrogens (primary N) is 1. The van der Waals surface area contributed by atoms with Crippen LogP contribution < -0.4 is 5.73 Å². The van der Waals surface area contributed by atoms with E-state index >= 15 is 0 Å². The molecule has 18 heavy (non-hydrogen) atoms. The summed E-state index contributed by atoms with van der Waals surface area (Å²) in [4.78, 5) is 4.65. The van der Waals surface area contributed by atoms with E-state index in [4.69, 9.17) is 17.3 Å². The molecule has 0 radical (unpaired) electrons. The molecule has 2 nitrogen and oxygen atoms in total. The van der Waals surface area contributed by atoms with E-state index in [1.807, 2.05) is 30.0 Å². The number of halogens is 1. The molecule has 0 bridgehead atoms. The van der Waals surface area contributed by atoms with Crippen molar-refractivity contribution in [3.63, 3.8) is 0 Å². The third kappa shape index (κ3) is 2.97. The first kappa shape index (κ1) is 13.7. The molecular weight excluding hydrogens is 264 g/mol. The summed E-state index contributed by atoms with van der Waals surface area (Å²) in [6.07, 6.45) is 1.04. The largest absolute Gasteiger partial charge is 0.330 e. The van der Waals surface area contributed by atoms with E-state index in [0.717, 1.165) is 51.7 Å². The van der Waals surface area contributed by atoms with Gasteiger partial charge in [0, 0.05) is 11.1 Å². The number of rotatable bonds is 5. The maximum atomic E-state index is 6.38. The molecule has 1 aromatic carbocycles. The number of nitrogens with zero attached hydrogens (tertiary/aromatic N) is 1. The Hall–Kier alpha value is -0.770. The molecule has 96 valence electrons. The van der Waals surface area contributed by atoms with Crippen molar-refractivity contribution in [2.75, 3.05) is 12.3 Å². The van der Waals surface area contributed by atoms with Gasteiger partial charge in [-0.2, -0.15) is 11.8 Å². The number of fused-ring (bicyclic) bond motifs is 1. The predicted octanol–water partition coefficient (Wildman–Crippen LogP) is 3.78. The lowest BCUT2D eigenvalue weighted by Gasteiger charge is -2.09. The van der Waals surface area contributed by atoms with Crippen molar-refractivity contribution in [2.45, 2.75) is 19.1 Å². The summed E-state index contributed by atoms with van der Waals surface area (Å²) in [5.74, 6) is 1.91. The van der Waals surface area contributed by atoms with Gasteiger partial charge >= 0.3 is 0 Å². The third-order valence-corrected chi connectivity index (χ3v) is 4.43. The molecule has 1 heterocycles. The topological polar surface area (TPSA) is 38.9 Å². The van der Waals surface area contributed by atoms with Crippen molar-refractivity contribution in [3.8, 4) is 0 Å². The zero-order chi connectivity index (χ0) is 13.0. The number of pyridine rings is 1. The van der Waals surface area contributed by atoms with Crippen LogP contribution in [0.25, 0.3) is 10.9 Å². The first-order valence-corrected chi connectivity index (χ1v) is 7.59. The van der Waals surface area contributed by atoms with E-state index in [-0.39, 0.29) is 0 Å². The van der Waals surface area contributed by atoms with Gasteiger partial charge in [-0.05, 0) is 37.3 Å². The summed E-state index contributed by atoms with van der Waals surface area (Å²) in [7, 11) is 0. The molecule has 0 atom stereocenters. The fraction of sp³-hybridized carbons (Fsp3) is 0.357. The van der Waals surface area contributed by atoms with Crippen molar-refractivity contribution >= 4 is 34.3 Å². The third-order valence-electron chi connectivity index (χ3n) is 2.88. The van der Waals surface area contributed by atoms with Crippen LogP contribution in [0.15, 0.2) is 24.3 Å². The summed E-state index contributed by atoms with van der Waals surface area (Å²) in [5, 5.41) is 1.94. The molecule has 0 saturated heterocycles. The summed E-state index contributed by atoms with van der Waals surface area (Å²) >= 11 is 8.22. The summed E-state index contributed by atoms with van der Waals surface area (Å²) in [6.45, 7) is 2.80. The Balaban J connectivity index is 2.25. The lowest BCUT2D eigenvalue weighted by Crippen LogP contribution is -2.00. The Labute approximate surface area is 117 Å². The van der Waals surface area contributed by atoms with Gasteiger partial charge in [-0.3, -0.25) is 4.98 Å². The van der Waals surface area contributed by atoms with Gasteiger partial charge in [0.15, 0.2) is 0 Å². The van der Waals surface area contributed by atoms with Gasteiger partial charge in [-0.25, -0.2) is 0 Å². The highest BCUT2D eigenvalue weighted by Crippen LogP contribution is 2.29. The molecule has 0 unspecified atom stereocenters. The van der Waals surface area contributed by atoms with Crippen LogP contribution in [0.3, 0.4) is 0 Å². The smallest absolute Gasteiger partial charge is 0.0709 e. The lowest BCUT2D eigenvalue weighted by atomic mass is 10.1. The normalized spacial score (nSPS) is 11.1. The van der Waals surface area contributed by atoms with Crippen LogP contribution in [-0.4, -0.2) is 17.3 Å². The number of para-hydroxylation sites is 1. The molecule has 2 N–H and O–H groups in total. The van der Waals surface area contributed by atoms with Crippen molar-refractivity contribution in [3.05, 3.63) is 40.5 Å². The number of aromatic nitrogens is 1. The van der Waals surface area contributed by atoms with E-state index in [9.17, 15) is 0 Å². The van der Waals surface area contributed by atoms with E-state index < -0.39 is 0 Å². The summed E-state index contributed by atoms with van der Waals surface area (Å²) in [6, 6.07) is 8.12. The monoisotopic (exact) mass is 280 g/mol. The summed E-state index contributed by atoms with van der Waals surface area (Å²) < 4.78 is 0. The van der Waals surface area contributed by atoms with Gasteiger partial charge in [0.05, 0.1) is 16.2 Å². The summed E-state index contributed by atoms with van der Waals surface area (Å²) in [5.41, 5.74) is 8.61. The number of hydrogen-bond donors (Lipinski definition) is 1. The number of hydrogen-bond acceptors (Lipinski definition) is 3. The van der Waals surface area contributed by atoms with Gasteiger partial charge < -0.3 is 5.73 Å². The highest BCUT2D eigenvalue weighted by atomic mass is 35.5. The fourth-order valence-electron chi connectivity index (χ4n) is 1.87. The Morgan fingerprint density at radius 1 is 1.33 bits per heavy atom. The Kier molecular flexibility index (Phi) is 4.87. The van der Waals surface area contributed by atoms with Crippen molar-refractivity contribution in [1.82, 2.24) is 4.98 Å². The van der Waals surface area contributed by atoms with Crippen LogP contribution in [0, 0.1) is 6.92 Å². The van der Waals surface area contributed by atoms with Gasteiger partial charge in [0.25, 0.3) is 0 Å². The predicted molar refractivity (Wildman–Crippen MR) is 81.3 cm³/mol. The zero-order valence-electron chi connectivity index (χ0n) is 10.4. The van der Waals surface area contributed by atoms with E-state index in [1.54, 1.807) is 0 Å². The second-order valence-corrected chi connectivity index (χ2v) is 5.69. The van der Waals surface area contributed by atoms with E-state index in [1.165, 1.54) is 0 Å². The van der Waals surface area contributed by atoms with Gasteiger partial charge in [-0.15, -0.1) is 0 Å². The average molecular weight is 281 g/mol. The number of aryl methyl sites for hydroxylation is 1. The molecule has 0 aliphatic heterocycles. The maximum Gasteiger partial charge on any atom is 0.0709 e. The minimum absolute atomic E-state index is 0.741. The van der Waals surface area contributed by atoms with Crippen LogP contribution in [0.4, 0.5) is 0 Å². The Morgan fingerprint density at radius 3 is 2.89 bits per heavy atom. The van der Waals surface area contributed by atoms with Crippen LogP contribution in [-0.2, 0) is 5.75 Å². The lowest BCUT2D eigenvalue weighted by molar-refractivity contribution is 0.942. The molecule has 2 rings (SSSR count). The van der Waals surface area contributed by atoms with Crippen LogP contribution in [0.2, 0.25) is 5.02 Å². The van der Waals surface area contributed by atoms with E-state index in [2.05, 4.69) is 18.0 Å². The second-order valence-electron chi connectivity index (χ2n) is 4.21. The average Bonchev–Trinajstić information content (AvgIpc) is 2.40. The fourth-order valence-corrected chi connectivity index (χ4v) is 3.07. The molecule has 4 heteroatoms. The molecular formula is C14H17ClN2S. The van der Waals surface area contributed by atoms with Crippen molar-refractivity contribution in [1.29, 1.82) is 0 Å². The molecule has 0 spiro atoms. The minimum atomic E-state index is 0.741. The van der Waals surface area contributed by atoms with Gasteiger partial charge in [0.1, 0.15) is 0 Å². The van der Waals surface area contributed by atoms with Crippen molar-refractivity contribution in [2.24, 2.45) is 5.73 Å². The number of thioether (sulfide) groups is 1. The minimum Gasteiger partial charge on any atom is -0.330 e. The molecule has 2 aromatic rings. The Bertz CT molecular complexity index is 543. The van der Waals surface area contributed by atoms with Gasteiger partial charge in [-0.1, -0.05) is 29.8 Å². The molecule has 0 aliphatic carbocycles. The quantitative estimate of drug-likeness (QED) is 0.847. The SMILES string of the molecule is Cc1c(Cl)c(CSCCCN)nc2ccccc12. The highest BCUT2D eigenvalue weighted by molar-refractivity contribution is 7.98. The second kappa shape index (κ2) is 6.41. The molecule has 0 saturated carbocycles. The Morgan fingerprint density at radius 2 is 2.11 bits per heavy atom. The zero-order valence-corrected chi connectivity index (χ0v) is 12.0. The first-order chi connectivity index (χ1) is 8.74. The molecule has 0 aliphatic rings. The molecule has 0 amide bonds. The number of benzene rings is 1.